The number of hydrogen-bond acceptors (Lipinski definition) is 5. The molecule has 2 aromatic heterocycles. The molecule has 1 unspecified atom stereocenters. The van der Waals surface area contributed by atoms with Gasteiger partial charge in [-0.3, -0.25) is 9.59 Å². The fourth-order valence-electron chi connectivity index (χ4n) is 2.28. The van der Waals surface area contributed by atoms with Crippen molar-refractivity contribution in [3.05, 3.63) is 67.5 Å². The van der Waals surface area contributed by atoms with Crippen LogP contribution in [0.2, 0.25) is 0 Å². The van der Waals surface area contributed by atoms with Crippen LogP contribution >= 0.6 is 38.6 Å². The summed E-state index contributed by atoms with van der Waals surface area (Å²) in [7, 11) is 0. The van der Waals surface area contributed by atoms with E-state index in [1.165, 1.54) is 34.8 Å². The highest BCUT2D eigenvalue weighted by atomic mass is 79.9. The van der Waals surface area contributed by atoms with Crippen molar-refractivity contribution in [3.63, 3.8) is 0 Å². The van der Waals surface area contributed by atoms with Gasteiger partial charge >= 0.3 is 0 Å². The minimum absolute atomic E-state index is 0.284. The van der Waals surface area contributed by atoms with Gasteiger partial charge in [0.2, 0.25) is 5.91 Å². The maximum Gasteiger partial charge on any atom is 0.262 e. The fraction of sp³-hybridized carbons (Fsp3) is 0.167. The van der Waals surface area contributed by atoms with E-state index < -0.39 is 6.04 Å². The van der Waals surface area contributed by atoms with Gasteiger partial charge in [0.25, 0.3) is 5.91 Å². The first kappa shape index (κ1) is 19.7. The standard InChI is InChI=1S/C18H15BrFN3O2S2/c1-10(22-17(25)14-5-6-15(19)27-14)16(24)23-18-21-9-13(26-18)8-11-3-2-4-12(20)7-11/h2-7,9-10H,8H2,1H3,(H,22,25)(H,21,23,24). The van der Waals surface area contributed by atoms with Gasteiger partial charge in [-0.25, -0.2) is 9.37 Å². The molecule has 2 amide bonds. The van der Waals surface area contributed by atoms with Crippen LogP contribution in [-0.4, -0.2) is 22.8 Å². The van der Waals surface area contributed by atoms with E-state index >= 15 is 0 Å². The van der Waals surface area contributed by atoms with Gasteiger partial charge < -0.3 is 10.6 Å². The van der Waals surface area contributed by atoms with Gasteiger partial charge in [0, 0.05) is 17.5 Å². The van der Waals surface area contributed by atoms with Gasteiger partial charge in [-0.05, 0) is 52.7 Å². The van der Waals surface area contributed by atoms with Crippen LogP contribution in [-0.2, 0) is 11.2 Å². The second-order valence-corrected chi connectivity index (χ2v) is 9.30. The average Bonchev–Trinajstić information content (AvgIpc) is 3.24. The first-order valence-electron chi connectivity index (χ1n) is 7.97. The van der Waals surface area contributed by atoms with Crippen molar-refractivity contribution < 1.29 is 14.0 Å². The topological polar surface area (TPSA) is 71.1 Å². The molecule has 0 saturated heterocycles. The second-order valence-electron chi connectivity index (χ2n) is 5.73. The highest BCUT2D eigenvalue weighted by Gasteiger charge is 2.19. The van der Waals surface area contributed by atoms with Crippen LogP contribution in [0.15, 0.2) is 46.4 Å². The Morgan fingerprint density at radius 3 is 2.78 bits per heavy atom. The number of hydrogen-bond donors (Lipinski definition) is 2. The monoisotopic (exact) mass is 467 g/mol. The zero-order valence-corrected chi connectivity index (χ0v) is 17.4. The average molecular weight is 468 g/mol. The van der Waals surface area contributed by atoms with E-state index in [0.717, 1.165) is 14.2 Å². The van der Waals surface area contributed by atoms with E-state index in [1.54, 1.807) is 31.3 Å². The molecule has 9 heteroatoms. The first-order valence-corrected chi connectivity index (χ1v) is 10.4. The van der Waals surface area contributed by atoms with Crippen molar-refractivity contribution in [2.75, 3.05) is 5.32 Å². The SMILES string of the molecule is CC(NC(=O)c1ccc(Br)s1)C(=O)Nc1ncc(Cc2cccc(F)c2)s1. The molecule has 2 N–H and O–H groups in total. The molecule has 0 aliphatic rings. The van der Waals surface area contributed by atoms with Crippen molar-refractivity contribution in [3.8, 4) is 0 Å². The summed E-state index contributed by atoms with van der Waals surface area (Å²) in [5.74, 6) is -0.946. The van der Waals surface area contributed by atoms with Gasteiger partial charge in [0.1, 0.15) is 11.9 Å². The number of nitrogens with one attached hydrogen (secondary N) is 2. The number of nitrogens with zero attached hydrogens (tertiary/aromatic N) is 1. The lowest BCUT2D eigenvalue weighted by Crippen LogP contribution is -2.41. The number of thiophene rings is 1. The number of rotatable bonds is 6. The highest BCUT2D eigenvalue weighted by Crippen LogP contribution is 2.23. The molecule has 5 nitrogen and oxygen atoms in total. The van der Waals surface area contributed by atoms with Crippen LogP contribution in [0.25, 0.3) is 0 Å². The number of benzene rings is 1. The number of anilines is 1. The Labute approximate surface area is 171 Å². The summed E-state index contributed by atoms with van der Waals surface area (Å²) in [5.41, 5.74) is 0.833. The Balaban J connectivity index is 1.56. The normalized spacial score (nSPS) is 11.8. The van der Waals surface area contributed by atoms with E-state index in [0.29, 0.717) is 16.4 Å². The summed E-state index contributed by atoms with van der Waals surface area (Å²) in [6.07, 6.45) is 2.18. The Hall–Kier alpha value is -2.10. The van der Waals surface area contributed by atoms with Crippen LogP contribution in [0.3, 0.4) is 0 Å². The summed E-state index contributed by atoms with van der Waals surface area (Å²) in [5, 5.41) is 5.79. The fourth-order valence-corrected chi connectivity index (χ4v) is 4.42. The Bertz CT molecular complexity index is 973. The number of amides is 2. The molecule has 140 valence electrons. The largest absolute Gasteiger partial charge is 0.340 e. The number of carbonyl (C=O) groups excluding carboxylic acids is 2. The number of halogens is 2. The van der Waals surface area contributed by atoms with Crippen molar-refractivity contribution in [2.24, 2.45) is 0 Å². The quantitative estimate of drug-likeness (QED) is 0.562. The number of aromatic nitrogens is 1. The van der Waals surface area contributed by atoms with Gasteiger partial charge in [0.05, 0.1) is 8.66 Å². The summed E-state index contributed by atoms with van der Waals surface area (Å²) >= 11 is 5.91. The minimum atomic E-state index is -0.714. The smallest absolute Gasteiger partial charge is 0.262 e. The first-order chi connectivity index (χ1) is 12.9. The number of thiazole rings is 1. The molecule has 1 aromatic carbocycles. The molecular weight excluding hydrogens is 453 g/mol. The van der Waals surface area contributed by atoms with Crippen LogP contribution < -0.4 is 10.6 Å². The minimum Gasteiger partial charge on any atom is -0.340 e. The predicted octanol–water partition coefficient (Wildman–Crippen LogP) is 4.45. The Morgan fingerprint density at radius 1 is 1.26 bits per heavy atom. The molecule has 27 heavy (non-hydrogen) atoms. The van der Waals surface area contributed by atoms with E-state index in [4.69, 9.17) is 0 Å². The van der Waals surface area contributed by atoms with Gasteiger partial charge in [-0.2, -0.15) is 0 Å². The summed E-state index contributed by atoms with van der Waals surface area (Å²) < 4.78 is 14.1. The predicted molar refractivity (Wildman–Crippen MR) is 109 cm³/mol. The van der Waals surface area contributed by atoms with Crippen molar-refractivity contribution >= 4 is 55.5 Å². The van der Waals surface area contributed by atoms with Gasteiger partial charge in [-0.1, -0.05) is 12.1 Å². The lowest BCUT2D eigenvalue weighted by atomic mass is 10.1. The van der Waals surface area contributed by atoms with Crippen LogP contribution in [0.4, 0.5) is 9.52 Å². The van der Waals surface area contributed by atoms with E-state index in [2.05, 4.69) is 31.5 Å². The lowest BCUT2D eigenvalue weighted by Gasteiger charge is -2.12. The zero-order chi connectivity index (χ0) is 19.4. The second kappa shape index (κ2) is 8.73. The van der Waals surface area contributed by atoms with Crippen LogP contribution in [0.5, 0.6) is 0 Å². The van der Waals surface area contributed by atoms with Crippen molar-refractivity contribution in [1.29, 1.82) is 0 Å². The summed E-state index contributed by atoms with van der Waals surface area (Å²) in [4.78, 5) is 30.0. The maximum absolute atomic E-state index is 13.3. The molecule has 2 heterocycles. The molecule has 0 aliphatic heterocycles. The molecule has 3 rings (SSSR count). The van der Waals surface area contributed by atoms with Gasteiger partial charge in [-0.15, -0.1) is 22.7 Å². The Morgan fingerprint density at radius 2 is 2.07 bits per heavy atom. The van der Waals surface area contributed by atoms with Crippen LogP contribution in [0, 0.1) is 5.82 Å². The van der Waals surface area contributed by atoms with E-state index in [1.807, 2.05) is 6.07 Å². The molecular formula is C18H15BrFN3O2S2. The molecule has 0 aliphatic carbocycles. The molecule has 0 fully saturated rings. The third kappa shape index (κ3) is 5.44. The molecule has 1 atom stereocenters. The molecule has 0 radical (unpaired) electrons. The van der Waals surface area contributed by atoms with E-state index in [9.17, 15) is 14.0 Å². The number of carbonyl (C=O) groups is 2. The van der Waals surface area contributed by atoms with Crippen molar-refractivity contribution in [1.82, 2.24) is 10.3 Å². The molecule has 0 bridgehead atoms. The lowest BCUT2D eigenvalue weighted by molar-refractivity contribution is -0.117. The molecule has 3 aromatic rings. The van der Waals surface area contributed by atoms with Crippen LogP contribution in [0.1, 0.15) is 27.0 Å². The maximum atomic E-state index is 13.3. The zero-order valence-electron chi connectivity index (χ0n) is 14.2. The highest BCUT2D eigenvalue weighted by molar-refractivity contribution is 9.11. The summed E-state index contributed by atoms with van der Waals surface area (Å²) in [6.45, 7) is 1.61. The third-order valence-corrected chi connectivity index (χ3v) is 6.12. The Kier molecular flexibility index (Phi) is 6.35. The van der Waals surface area contributed by atoms with E-state index in [-0.39, 0.29) is 17.6 Å². The third-order valence-electron chi connectivity index (χ3n) is 3.59. The molecule has 0 saturated carbocycles. The van der Waals surface area contributed by atoms with Gasteiger partial charge in [0.15, 0.2) is 5.13 Å². The molecule has 0 spiro atoms. The summed E-state index contributed by atoms with van der Waals surface area (Å²) in [6, 6.07) is 9.11. The van der Waals surface area contributed by atoms with Crippen molar-refractivity contribution in [2.45, 2.75) is 19.4 Å².